The zero-order valence-electron chi connectivity index (χ0n) is 10.4. The fraction of sp³-hybridized carbons (Fsp3) is 0.750. The second kappa shape index (κ2) is 5.31. The predicted molar refractivity (Wildman–Crippen MR) is 63.8 cm³/mol. The van der Waals surface area contributed by atoms with Crippen molar-refractivity contribution in [3.05, 3.63) is 17.7 Å². The van der Waals surface area contributed by atoms with Gasteiger partial charge in [0.15, 0.2) is 0 Å². The van der Waals surface area contributed by atoms with E-state index >= 15 is 0 Å². The van der Waals surface area contributed by atoms with Gasteiger partial charge in [0.25, 0.3) is 0 Å². The van der Waals surface area contributed by atoms with Gasteiger partial charge in [0.1, 0.15) is 0 Å². The maximum atomic E-state index is 4.30. The summed E-state index contributed by atoms with van der Waals surface area (Å²) in [6, 6.07) is 0. The molecule has 0 saturated carbocycles. The van der Waals surface area contributed by atoms with Crippen molar-refractivity contribution in [1.29, 1.82) is 0 Å². The Morgan fingerprint density at radius 2 is 1.87 bits per heavy atom. The maximum absolute atomic E-state index is 4.30. The normalized spacial score (nSPS) is 12.0. The summed E-state index contributed by atoms with van der Waals surface area (Å²) in [6.07, 6.45) is 5.27. The fourth-order valence-electron chi connectivity index (χ4n) is 1.96. The van der Waals surface area contributed by atoms with Gasteiger partial charge in [-0.25, -0.2) is 4.98 Å². The first-order valence-electron chi connectivity index (χ1n) is 5.91. The number of hydrogen-bond donors (Lipinski definition) is 2. The molecule has 1 rings (SSSR count). The number of aromatic amines is 1. The summed E-state index contributed by atoms with van der Waals surface area (Å²) in [4.78, 5) is 7.41. The smallest absolute Gasteiger partial charge is 0.0925 e. The van der Waals surface area contributed by atoms with Gasteiger partial charge in [0.2, 0.25) is 0 Å². The third kappa shape index (κ3) is 2.81. The van der Waals surface area contributed by atoms with Crippen molar-refractivity contribution in [1.82, 2.24) is 15.3 Å². The molecule has 1 heterocycles. The van der Waals surface area contributed by atoms with Crippen molar-refractivity contribution in [2.45, 2.75) is 59.0 Å². The van der Waals surface area contributed by atoms with Crippen LogP contribution in [0, 0.1) is 6.92 Å². The highest BCUT2D eigenvalue weighted by atomic mass is 15.0. The highest BCUT2D eigenvalue weighted by molar-refractivity contribution is 5.08. The Kier molecular flexibility index (Phi) is 4.33. The first-order valence-corrected chi connectivity index (χ1v) is 5.91. The Hall–Kier alpha value is -0.830. The Balaban J connectivity index is 2.58. The molecule has 0 aliphatic carbocycles. The average Bonchev–Trinajstić information content (AvgIpc) is 2.67. The average molecular weight is 209 g/mol. The molecule has 86 valence electrons. The number of aryl methyl sites for hydroxylation is 1. The zero-order chi connectivity index (χ0) is 11.3. The van der Waals surface area contributed by atoms with Gasteiger partial charge in [-0.2, -0.15) is 0 Å². The van der Waals surface area contributed by atoms with Crippen molar-refractivity contribution < 1.29 is 0 Å². The van der Waals surface area contributed by atoms with Crippen LogP contribution in [0.1, 0.15) is 51.4 Å². The van der Waals surface area contributed by atoms with Gasteiger partial charge in [-0.1, -0.05) is 20.8 Å². The monoisotopic (exact) mass is 209 g/mol. The van der Waals surface area contributed by atoms with Crippen LogP contribution in [0.25, 0.3) is 0 Å². The minimum Gasteiger partial charge on any atom is -0.348 e. The third-order valence-corrected chi connectivity index (χ3v) is 3.60. The second-order valence-electron chi connectivity index (χ2n) is 4.17. The Morgan fingerprint density at radius 3 is 2.27 bits per heavy atom. The molecule has 1 aromatic rings. The lowest BCUT2D eigenvalue weighted by Crippen LogP contribution is -2.43. The molecule has 2 N–H and O–H groups in total. The van der Waals surface area contributed by atoms with Crippen molar-refractivity contribution >= 4 is 0 Å². The molecule has 0 fully saturated rings. The van der Waals surface area contributed by atoms with Crippen LogP contribution in [0.5, 0.6) is 0 Å². The van der Waals surface area contributed by atoms with Crippen LogP contribution >= 0.6 is 0 Å². The molecule has 3 nitrogen and oxygen atoms in total. The van der Waals surface area contributed by atoms with Gasteiger partial charge in [0.05, 0.1) is 12.0 Å². The minimum atomic E-state index is 0.283. The highest BCUT2D eigenvalue weighted by Gasteiger charge is 2.23. The van der Waals surface area contributed by atoms with Crippen LogP contribution in [0.3, 0.4) is 0 Å². The molecule has 0 bridgehead atoms. The minimum absolute atomic E-state index is 0.283. The van der Waals surface area contributed by atoms with Crippen molar-refractivity contribution in [3.63, 3.8) is 0 Å². The van der Waals surface area contributed by atoms with Crippen LogP contribution in [-0.2, 0) is 6.54 Å². The van der Waals surface area contributed by atoms with E-state index in [1.165, 1.54) is 25.0 Å². The van der Waals surface area contributed by atoms with Crippen LogP contribution in [0.4, 0.5) is 0 Å². The van der Waals surface area contributed by atoms with Gasteiger partial charge in [-0.3, -0.25) is 0 Å². The van der Waals surface area contributed by atoms with Crippen molar-refractivity contribution in [3.8, 4) is 0 Å². The van der Waals surface area contributed by atoms with Crippen molar-refractivity contribution in [2.24, 2.45) is 0 Å². The van der Waals surface area contributed by atoms with Gasteiger partial charge >= 0.3 is 0 Å². The van der Waals surface area contributed by atoms with Gasteiger partial charge in [0, 0.05) is 17.8 Å². The van der Waals surface area contributed by atoms with Crippen LogP contribution in [0.15, 0.2) is 6.33 Å². The summed E-state index contributed by atoms with van der Waals surface area (Å²) in [7, 11) is 0. The first kappa shape index (κ1) is 12.2. The van der Waals surface area contributed by atoms with E-state index < -0.39 is 0 Å². The summed E-state index contributed by atoms with van der Waals surface area (Å²) in [5.74, 6) is 0. The van der Waals surface area contributed by atoms with Gasteiger partial charge < -0.3 is 10.3 Å². The summed E-state index contributed by atoms with van der Waals surface area (Å²) in [5, 5.41) is 3.64. The second-order valence-corrected chi connectivity index (χ2v) is 4.17. The molecular weight excluding hydrogens is 186 g/mol. The molecule has 0 aliphatic heterocycles. The van der Waals surface area contributed by atoms with E-state index in [-0.39, 0.29) is 5.54 Å². The molecule has 0 unspecified atom stereocenters. The zero-order valence-corrected chi connectivity index (χ0v) is 10.4. The summed E-state index contributed by atoms with van der Waals surface area (Å²) < 4.78 is 0. The molecule has 0 radical (unpaired) electrons. The van der Waals surface area contributed by atoms with E-state index in [1.54, 1.807) is 6.33 Å². The number of H-pyrrole nitrogens is 1. The third-order valence-electron chi connectivity index (χ3n) is 3.60. The lowest BCUT2D eigenvalue weighted by molar-refractivity contribution is 0.286. The molecule has 0 saturated heterocycles. The largest absolute Gasteiger partial charge is 0.348 e. The van der Waals surface area contributed by atoms with Crippen LogP contribution < -0.4 is 5.32 Å². The maximum Gasteiger partial charge on any atom is 0.0925 e. The number of aromatic nitrogens is 2. The molecule has 15 heavy (non-hydrogen) atoms. The molecule has 0 amide bonds. The van der Waals surface area contributed by atoms with Crippen molar-refractivity contribution in [2.75, 3.05) is 0 Å². The highest BCUT2D eigenvalue weighted by Crippen LogP contribution is 2.19. The predicted octanol–water partition coefficient (Wildman–Crippen LogP) is 2.78. The molecule has 3 heteroatoms. The number of imidazole rings is 1. The van der Waals surface area contributed by atoms with Crippen LogP contribution in [0.2, 0.25) is 0 Å². The molecule has 0 atom stereocenters. The molecule has 0 aliphatic rings. The summed E-state index contributed by atoms with van der Waals surface area (Å²) in [5.41, 5.74) is 2.58. The number of nitrogens with zero attached hydrogens (tertiary/aromatic N) is 1. The van der Waals surface area contributed by atoms with Gasteiger partial charge in [-0.15, -0.1) is 0 Å². The Morgan fingerprint density at radius 1 is 1.27 bits per heavy atom. The Labute approximate surface area is 92.7 Å². The van der Waals surface area contributed by atoms with E-state index in [4.69, 9.17) is 0 Å². The standard InChI is InChI=1S/C12H23N3/c1-5-12(6-2,7-3)15-8-11-10(4)13-9-14-11/h9,15H,5-8H2,1-4H3,(H,13,14). The SMILES string of the molecule is CCC(CC)(CC)NCc1nc[nH]c1C. The quantitative estimate of drug-likeness (QED) is 0.756. The van der Waals surface area contributed by atoms with E-state index in [1.807, 2.05) is 0 Å². The first-order chi connectivity index (χ1) is 7.17. The number of nitrogens with one attached hydrogen (secondary N) is 2. The lowest BCUT2D eigenvalue weighted by atomic mass is 9.90. The van der Waals surface area contributed by atoms with Crippen LogP contribution in [-0.4, -0.2) is 15.5 Å². The number of rotatable bonds is 6. The number of hydrogen-bond acceptors (Lipinski definition) is 2. The lowest BCUT2D eigenvalue weighted by Gasteiger charge is -2.31. The van der Waals surface area contributed by atoms with E-state index in [0.717, 1.165) is 12.2 Å². The topological polar surface area (TPSA) is 40.7 Å². The summed E-state index contributed by atoms with van der Waals surface area (Å²) in [6.45, 7) is 9.67. The van der Waals surface area contributed by atoms with E-state index in [2.05, 4.69) is 43.0 Å². The van der Waals surface area contributed by atoms with E-state index in [9.17, 15) is 0 Å². The molecular formula is C12H23N3. The molecule has 1 aromatic heterocycles. The summed E-state index contributed by atoms with van der Waals surface area (Å²) >= 11 is 0. The van der Waals surface area contributed by atoms with E-state index in [0.29, 0.717) is 0 Å². The fourth-order valence-corrected chi connectivity index (χ4v) is 1.96. The Bertz CT molecular complexity index is 279. The molecule has 0 spiro atoms. The molecule has 0 aromatic carbocycles. The van der Waals surface area contributed by atoms with Gasteiger partial charge in [-0.05, 0) is 26.2 Å².